The summed E-state index contributed by atoms with van der Waals surface area (Å²) in [5.41, 5.74) is -0.745. The third kappa shape index (κ3) is 2.58. The number of hydrogen-bond donors (Lipinski definition) is 2. The van der Waals surface area contributed by atoms with Crippen molar-refractivity contribution < 1.29 is 29.0 Å². The number of carbonyl (C=O) groups is 2. The minimum atomic E-state index is -1.27. The minimum Gasteiger partial charge on any atom is -0.435 e. The SMILES string of the molecule is C[C@@H]1CC(O)C[N+]1(C(=O)O)C(=O)OC(C)(C)C. The number of quaternary nitrogens is 1. The van der Waals surface area contributed by atoms with E-state index in [9.17, 15) is 19.8 Å². The molecule has 1 aliphatic heterocycles. The molecule has 6 heteroatoms. The summed E-state index contributed by atoms with van der Waals surface area (Å²) < 4.78 is 4.30. The zero-order chi connectivity index (χ0) is 13.4. The monoisotopic (exact) mass is 246 g/mol. The van der Waals surface area contributed by atoms with Crippen LogP contribution in [0.1, 0.15) is 34.1 Å². The van der Waals surface area contributed by atoms with Crippen LogP contribution in [-0.2, 0) is 4.74 Å². The molecule has 0 aromatic heterocycles. The quantitative estimate of drug-likeness (QED) is 0.634. The van der Waals surface area contributed by atoms with E-state index in [-0.39, 0.29) is 13.0 Å². The standard InChI is InChI=1S/C11H19NO5/c1-7-5-8(13)6-12(7,9(14)15)10(16)17-11(2,3)4/h7-8,13H,5-6H2,1-4H3/p+1/t7-,8?,12?/m1/s1. The Hall–Kier alpha value is -1.14. The summed E-state index contributed by atoms with van der Waals surface area (Å²) in [7, 11) is 0. The summed E-state index contributed by atoms with van der Waals surface area (Å²) in [6.07, 6.45) is -2.59. The van der Waals surface area contributed by atoms with E-state index >= 15 is 0 Å². The van der Waals surface area contributed by atoms with E-state index < -0.39 is 34.4 Å². The van der Waals surface area contributed by atoms with Crippen LogP contribution in [0, 0.1) is 0 Å². The van der Waals surface area contributed by atoms with Gasteiger partial charge in [-0.3, -0.25) is 0 Å². The maximum atomic E-state index is 12.0. The van der Waals surface area contributed by atoms with Crippen LogP contribution in [0.2, 0.25) is 0 Å². The second-order valence-electron chi connectivity index (χ2n) is 5.55. The zero-order valence-corrected chi connectivity index (χ0v) is 10.6. The van der Waals surface area contributed by atoms with Gasteiger partial charge in [-0.05, 0) is 27.7 Å². The van der Waals surface area contributed by atoms with Crippen LogP contribution in [0.4, 0.5) is 9.59 Å². The molecule has 1 aliphatic rings. The lowest BCUT2D eigenvalue weighted by atomic mass is 10.2. The fourth-order valence-corrected chi connectivity index (χ4v) is 2.10. The molecule has 0 bridgehead atoms. The number of imide groups is 1. The first-order valence-corrected chi connectivity index (χ1v) is 5.62. The van der Waals surface area contributed by atoms with Crippen molar-refractivity contribution in [2.45, 2.75) is 51.9 Å². The van der Waals surface area contributed by atoms with Gasteiger partial charge < -0.3 is 14.9 Å². The average Bonchev–Trinajstić information content (AvgIpc) is 2.38. The highest BCUT2D eigenvalue weighted by molar-refractivity contribution is 5.76. The molecule has 0 saturated carbocycles. The highest BCUT2D eigenvalue weighted by atomic mass is 16.6. The second kappa shape index (κ2) is 4.27. The minimum absolute atomic E-state index is 0.134. The molecule has 1 saturated heterocycles. The molecule has 17 heavy (non-hydrogen) atoms. The Morgan fingerprint density at radius 1 is 1.35 bits per heavy atom. The van der Waals surface area contributed by atoms with Crippen molar-refractivity contribution in [3.8, 4) is 0 Å². The van der Waals surface area contributed by atoms with Gasteiger partial charge in [0, 0.05) is 6.42 Å². The summed E-state index contributed by atoms with van der Waals surface area (Å²) in [6.45, 7) is 6.54. The summed E-state index contributed by atoms with van der Waals surface area (Å²) in [4.78, 5) is 23.4. The molecule has 2 N–H and O–H groups in total. The summed E-state index contributed by atoms with van der Waals surface area (Å²) in [6, 6.07) is -0.489. The van der Waals surface area contributed by atoms with Gasteiger partial charge in [-0.15, -0.1) is 4.48 Å². The van der Waals surface area contributed by atoms with Gasteiger partial charge in [0.15, 0.2) is 0 Å². The Kier molecular flexibility index (Phi) is 3.50. The van der Waals surface area contributed by atoms with E-state index in [2.05, 4.69) is 0 Å². The van der Waals surface area contributed by atoms with E-state index in [1.807, 2.05) is 0 Å². The van der Waals surface area contributed by atoms with Crippen LogP contribution in [0.25, 0.3) is 0 Å². The Labute approximate surface area is 100 Å². The molecular formula is C11H20NO5+. The van der Waals surface area contributed by atoms with Crippen molar-refractivity contribution in [3.63, 3.8) is 0 Å². The van der Waals surface area contributed by atoms with Crippen molar-refractivity contribution in [2.75, 3.05) is 6.54 Å². The lowest BCUT2D eigenvalue weighted by Gasteiger charge is -2.31. The molecule has 0 spiro atoms. The smallest absolute Gasteiger partial charge is 0.435 e. The molecule has 1 fully saturated rings. The van der Waals surface area contributed by atoms with E-state index in [0.717, 1.165) is 0 Å². The lowest BCUT2D eigenvalue weighted by Crippen LogP contribution is -2.60. The number of hydrogen-bond acceptors (Lipinski definition) is 4. The van der Waals surface area contributed by atoms with E-state index in [1.165, 1.54) is 0 Å². The number of ether oxygens (including phenoxy) is 1. The van der Waals surface area contributed by atoms with Crippen LogP contribution < -0.4 is 0 Å². The third-order valence-electron chi connectivity index (χ3n) is 2.93. The number of carbonyl (C=O) groups excluding carboxylic acids is 1. The molecule has 0 aromatic carbocycles. The number of carboxylic acid groups (broad SMARTS) is 1. The Bertz CT molecular complexity index is 335. The van der Waals surface area contributed by atoms with Crippen LogP contribution in [0.3, 0.4) is 0 Å². The molecular weight excluding hydrogens is 226 g/mol. The number of aliphatic hydroxyl groups excluding tert-OH is 1. The molecule has 2 amide bonds. The van der Waals surface area contributed by atoms with E-state index in [1.54, 1.807) is 27.7 Å². The highest BCUT2D eigenvalue weighted by Crippen LogP contribution is 2.30. The van der Waals surface area contributed by atoms with E-state index in [0.29, 0.717) is 0 Å². The number of likely N-dealkylation sites (tertiary alicyclic amines) is 1. The van der Waals surface area contributed by atoms with Crippen molar-refractivity contribution in [3.05, 3.63) is 0 Å². The molecule has 3 atom stereocenters. The third-order valence-corrected chi connectivity index (χ3v) is 2.93. The fourth-order valence-electron chi connectivity index (χ4n) is 2.10. The predicted molar refractivity (Wildman–Crippen MR) is 59.5 cm³/mol. The first-order chi connectivity index (χ1) is 7.59. The first-order valence-electron chi connectivity index (χ1n) is 5.62. The van der Waals surface area contributed by atoms with Gasteiger partial charge in [-0.2, -0.15) is 9.59 Å². The van der Waals surface area contributed by atoms with Gasteiger partial charge in [0.05, 0.1) is 0 Å². The van der Waals surface area contributed by atoms with Gasteiger partial charge in [0.1, 0.15) is 24.3 Å². The van der Waals surface area contributed by atoms with Gasteiger partial charge in [-0.25, -0.2) is 0 Å². The molecule has 0 aromatic rings. The van der Waals surface area contributed by atoms with Gasteiger partial charge >= 0.3 is 12.2 Å². The van der Waals surface area contributed by atoms with Crippen molar-refractivity contribution >= 4 is 12.2 Å². The fraction of sp³-hybridized carbons (Fsp3) is 0.818. The van der Waals surface area contributed by atoms with Crippen molar-refractivity contribution in [1.82, 2.24) is 0 Å². The molecule has 2 unspecified atom stereocenters. The summed E-state index contributed by atoms with van der Waals surface area (Å²) in [5.74, 6) is 0. The lowest BCUT2D eigenvalue weighted by molar-refractivity contribution is -0.797. The molecule has 98 valence electrons. The van der Waals surface area contributed by atoms with Crippen molar-refractivity contribution in [1.29, 1.82) is 0 Å². The van der Waals surface area contributed by atoms with Crippen LogP contribution in [0.5, 0.6) is 0 Å². The number of aliphatic hydroxyl groups is 1. The topological polar surface area (TPSA) is 83.8 Å². The predicted octanol–water partition coefficient (Wildman–Crippen LogP) is 1.57. The van der Waals surface area contributed by atoms with Gasteiger partial charge in [0.25, 0.3) is 0 Å². The zero-order valence-electron chi connectivity index (χ0n) is 10.6. The van der Waals surface area contributed by atoms with Gasteiger partial charge in [0.2, 0.25) is 0 Å². The van der Waals surface area contributed by atoms with Crippen LogP contribution in [0.15, 0.2) is 0 Å². The average molecular weight is 246 g/mol. The molecule has 0 radical (unpaired) electrons. The highest BCUT2D eigenvalue weighted by Gasteiger charge is 2.58. The van der Waals surface area contributed by atoms with Crippen LogP contribution in [-0.4, -0.2) is 51.2 Å². The maximum absolute atomic E-state index is 12.0. The first kappa shape index (κ1) is 13.9. The van der Waals surface area contributed by atoms with Crippen molar-refractivity contribution in [2.24, 2.45) is 0 Å². The molecule has 1 rings (SSSR count). The Morgan fingerprint density at radius 3 is 2.18 bits per heavy atom. The second-order valence-corrected chi connectivity index (χ2v) is 5.55. The Balaban J connectivity index is 3.02. The largest absolute Gasteiger partial charge is 0.527 e. The maximum Gasteiger partial charge on any atom is 0.527 e. The van der Waals surface area contributed by atoms with Gasteiger partial charge in [-0.1, -0.05) is 0 Å². The van der Waals surface area contributed by atoms with Crippen LogP contribution >= 0.6 is 0 Å². The number of amides is 2. The Morgan fingerprint density at radius 2 is 1.88 bits per heavy atom. The molecule has 1 heterocycles. The number of rotatable bonds is 0. The summed E-state index contributed by atoms with van der Waals surface area (Å²) >= 11 is 0. The normalized spacial score (nSPS) is 33.5. The molecule has 6 nitrogen and oxygen atoms in total. The number of nitrogens with zero attached hydrogens (tertiary/aromatic N) is 1. The summed E-state index contributed by atoms with van der Waals surface area (Å²) in [5, 5.41) is 18.8. The molecule has 0 aliphatic carbocycles. The van der Waals surface area contributed by atoms with E-state index in [4.69, 9.17) is 4.74 Å².